The molecule has 0 radical (unpaired) electrons. The van der Waals surface area contributed by atoms with Gasteiger partial charge < -0.3 is 15.8 Å². The number of hydrogen-bond acceptors (Lipinski definition) is 4. The first kappa shape index (κ1) is 16.7. The summed E-state index contributed by atoms with van der Waals surface area (Å²) in [5.74, 6) is 1.77. The van der Waals surface area contributed by atoms with Crippen molar-refractivity contribution in [2.75, 3.05) is 24.2 Å². The molecule has 0 heterocycles. The predicted molar refractivity (Wildman–Crippen MR) is 88.1 cm³/mol. The molecule has 1 aromatic rings. The number of amidine groups is 1. The number of benzene rings is 1. The SMILES string of the molecule is CCSc1cccc(N(C)CCC(C)C)c1/C(N)=N/O. The van der Waals surface area contributed by atoms with E-state index in [1.54, 1.807) is 11.8 Å². The van der Waals surface area contributed by atoms with Crippen molar-refractivity contribution in [3.8, 4) is 0 Å². The zero-order valence-electron chi connectivity index (χ0n) is 12.8. The number of anilines is 1. The van der Waals surface area contributed by atoms with Gasteiger partial charge in [0.2, 0.25) is 0 Å². The summed E-state index contributed by atoms with van der Waals surface area (Å²) in [4.78, 5) is 3.23. The highest BCUT2D eigenvalue weighted by molar-refractivity contribution is 7.99. The molecule has 1 aromatic carbocycles. The molecule has 0 atom stereocenters. The molecule has 20 heavy (non-hydrogen) atoms. The Kier molecular flexibility index (Phi) is 6.71. The van der Waals surface area contributed by atoms with Crippen molar-refractivity contribution in [3.63, 3.8) is 0 Å². The lowest BCUT2D eigenvalue weighted by molar-refractivity contribution is 0.318. The van der Waals surface area contributed by atoms with Crippen molar-refractivity contribution in [1.82, 2.24) is 0 Å². The molecule has 0 amide bonds. The van der Waals surface area contributed by atoms with E-state index in [0.29, 0.717) is 5.92 Å². The minimum absolute atomic E-state index is 0.174. The Hall–Kier alpha value is -1.36. The lowest BCUT2D eigenvalue weighted by atomic mass is 10.1. The van der Waals surface area contributed by atoms with Gasteiger partial charge in [-0.2, -0.15) is 0 Å². The van der Waals surface area contributed by atoms with Crippen molar-refractivity contribution >= 4 is 23.3 Å². The zero-order valence-corrected chi connectivity index (χ0v) is 13.6. The molecule has 0 saturated heterocycles. The van der Waals surface area contributed by atoms with Gasteiger partial charge in [0.1, 0.15) is 0 Å². The maximum atomic E-state index is 9.04. The molecule has 112 valence electrons. The average Bonchev–Trinajstić information content (AvgIpc) is 2.44. The molecule has 0 aliphatic heterocycles. The van der Waals surface area contributed by atoms with Gasteiger partial charge in [-0.3, -0.25) is 0 Å². The summed E-state index contributed by atoms with van der Waals surface area (Å²) in [5, 5.41) is 12.2. The molecular formula is C15H25N3OS. The first-order valence-corrected chi connectivity index (χ1v) is 7.94. The van der Waals surface area contributed by atoms with E-state index >= 15 is 0 Å². The monoisotopic (exact) mass is 295 g/mol. The smallest absolute Gasteiger partial charge is 0.173 e. The Labute approximate surface area is 126 Å². The Balaban J connectivity index is 3.14. The van der Waals surface area contributed by atoms with Gasteiger partial charge in [0.05, 0.1) is 5.56 Å². The number of thioether (sulfide) groups is 1. The normalized spacial score (nSPS) is 11.9. The molecule has 0 bridgehead atoms. The summed E-state index contributed by atoms with van der Waals surface area (Å²) in [6, 6.07) is 6.06. The van der Waals surface area contributed by atoms with Crippen LogP contribution in [0.2, 0.25) is 0 Å². The van der Waals surface area contributed by atoms with E-state index in [0.717, 1.165) is 34.9 Å². The van der Waals surface area contributed by atoms with Crippen LogP contribution in [0.25, 0.3) is 0 Å². The first-order valence-electron chi connectivity index (χ1n) is 6.96. The van der Waals surface area contributed by atoms with E-state index in [1.165, 1.54) is 0 Å². The Morgan fingerprint density at radius 3 is 2.70 bits per heavy atom. The minimum atomic E-state index is 0.174. The Morgan fingerprint density at radius 1 is 1.45 bits per heavy atom. The fourth-order valence-electron chi connectivity index (χ4n) is 1.99. The number of hydrogen-bond donors (Lipinski definition) is 2. The largest absolute Gasteiger partial charge is 0.409 e. The number of nitrogens with two attached hydrogens (primary N) is 1. The summed E-state index contributed by atoms with van der Waals surface area (Å²) in [6.07, 6.45) is 1.11. The minimum Gasteiger partial charge on any atom is -0.409 e. The number of nitrogens with zero attached hydrogens (tertiary/aromatic N) is 2. The van der Waals surface area contributed by atoms with E-state index in [-0.39, 0.29) is 5.84 Å². The van der Waals surface area contributed by atoms with Gasteiger partial charge in [-0.1, -0.05) is 32.0 Å². The molecule has 0 fully saturated rings. The topological polar surface area (TPSA) is 61.8 Å². The van der Waals surface area contributed by atoms with Gasteiger partial charge in [0.15, 0.2) is 5.84 Å². The predicted octanol–water partition coefficient (Wildman–Crippen LogP) is 3.38. The van der Waals surface area contributed by atoms with Crippen molar-refractivity contribution in [1.29, 1.82) is 0 Å². The molecule has 3 N–H and O–H groups in total. The van der Waals surface area contributed by atoms with E-state index < -0.39 is 0 Å². The third-order valence-electron chi connectivity index (χ3n) is 3.12. The Morgan fingerprint density at radius 2 is 2.15 bits per heavy atom. The highest BCUT2D eigenvalue weighted by atomic mass is 32.2. The van der Waals surface area contributed by atoms with Crippen molar-refractivity contribution in [3.05, 3.63) is 23.8 Å². The fraction of sp³-hybridized carbons (Fsp3) is 0.533. The summed E-state index contributed by atoms with van der Waals surface area (Å²) in [5.41, 5.74) is 7.72. The highest BCUT2D eigenvalue weighted by Gasteiger charge is 2.16. The van der Waals surface area contributed by atoms with Gasteiger partial charge >= 0.3 is 0 Å². The second kappa shape index (κ2) is 8.04. The molecule has 0 saturated carbocycles. The molecule has 5 heteroatoms. The standard InChI is InChI=1S/C15H25N3OS/c1-5-20-13-8-6-7-12(14(13)15(16)17-19)18(4)10-9-11(2)3/h6-8,11,19H,5,9-10H2,1-4H3,(H2,16,17). The maximum absolute atomic E-state index is 9.04. The molecule has 0 spiro atoms. The number of rotatable bonds is 7. The molecule has 0 aromatic heterocycles. The van der Waals surface area contributed by atoms with Gasteiger partial charge in [0.25, 0.3) is 0 Å². The molecule has 0 aliphatic carbocycles. The van der Waals surface area contributed by atoms with Gasteiger partial charge in [-0.05, 0) is 30.2 Å². The van der Waals surface area contributed by atoms with E-state index in [2.05, 4.69) is 30.8 Å². The first-order chi connectivity index (χ1) is 9.51. The molecular weight excluding hydrogens is 270 g/mol. The summed E-state index contributed by atoms with van der Waals surface area (Å²) >= 11 is 1.70. The zero-order chi connectivity index (χ0) is 15.1. The van der Waals surface area contributed by atoms with Crippen LogP contribution in [0, 0.1) is 5.92 Å². The van der Waals surface area contributed by atoms with Crippen LogP contribution in [0.15, 0.2) is 28.3 Å². The summed E-state index contributed by atoms with van der Waals surface area (Å²) in [7, 11) is 2.05. The summed E-state index contributed by atoms with van der Waals surface area (Å²) < 4.78 is 0. The van der Waals surface area contributed by atoms with E-state index in [4.69, 9.17) is 10.9 Å². The van der Waals surface area contributed by atoms with Gasteiger partial charge in [-0.25, -0.2) is 0 Å². The van der Waals surface area contributed by atoms with Crippen molar-refractivity contribution in [2.24, 2.45) is 16.8 Å². The fourth-order valence-corrected chi connectivity index (χ4v) is 2.83. The lowest BCUT2D eigenvalue weighted by Crippen LogP contribution is -2.25. The average molecular weight is 295 g/mol. The third kappa shape index (κ3) is 4.34. The lowest BCUT2D eigenvalue weighted by Gasteiger charge is -2.24. The van der Waals surface area contributed by atoms with Crippen LogP contribution >= 0.6 is 11.8 Å². The van der Waals surface area contributed by atoms with Gasteiger partial charge in [-0.15, -0.1) is 11.8 Å². The molecule has 4 nitrogen and oxygen atoms in total. The quantitative estimate of drug-likeness (QED) is 0.266. The van der Waals surface area contributed by atoms with Crippen LogP contribution in [0.4, 0.5) is 5.69 Å². The van der Waals surface area contributed by atoms with Crippen molar-refractivity contribution in [2.45, 2.75) is 32.1 Å². The van der Waals surface area contributed by atoms with Crippen LogP contribution in [-0.4, -0.2) is 30.4 Å². The van der Waals surface area contributed by atoms with Crippen LogP contribution in [0.1, 0.15) is 32.8 Å². The van der Waals surface area contributed by atoms with Crippen LogP contribution in [-0.2, 0) is 0 Å². The highest BCUT2D eigenvalue weighted by Crippen LogP contribution is 2.30. The van der Waals surface area contributed by atoms with Gasteiger partial charge in [0, 0.05) is 24.2 Å². The van der Waals surface area contributed by atoms with E-state index in [1.807, 2.05) is 25.2 Å². The number of oxime groups is 1. The van der Waals surface area contributed by atoms with Crippen molar-refractivity contribution < 1.29 is 5.21 Å². The Bertz CT molecular complexity index is 460. The van der Waals surface area contributed by atoms with E-state index in [9.17, 15) is 0 Å². The third-order valence-corrected chi connectivity index (χ3v) is 4.06. The second-order valence-electron chi connectivity index (χ2n) is 5.17. The molecule has 0 unspecified atom stereocenters. The maximum Gasteiger partial charge on any atom is 0.173 e. The summed E-state index contributed by atoms with van der Waals surface area (Å²) in [6.45, 7) is 7.46. The van der Waals surface area contributed by atoms with Crippen LogP contribution in [0.3, 0.4) is 0 Å². The second-order valence-corrected chi connectivity index (χ2v) is 6.48. The van der Waals surface area contributed by atoms with Crippen LogP contribution in [0.5, 0.6) is 0 Å². The molecule has 1 rings (SSSR count). The molecule has 0 aliphatic rings. The van der Waals surface area contributed by atoms with Crippen LogP contribution < -0.4 is 10.6 Å².